The lowest BCUT2D eigenvalue weighted by Gasteiger charge is -2.11. The van der Waals surface area contributed by atoms with Gasteiger partial charge in [0.25, 0.3) is 0 Å². The summed E-state index contributed by atoms with van der Waals surface area (Å²) in [5.41, 5.74) is 0.704. The largest absolute Gasteiger partial charge is 0.497 e. The molecule has 118 valence electrons. The molecule has 1 amide bonds. The first-order chi connectivity index (χ1) is 9.71. The summed E-state index contributed by atoms with van der Waals surface area (Å²) in [7, 11) is 3.18. The van der Waals surface area contributed by atoms with Gasteiger partial charge >= 0.3 is 0 Å². The van der Waals surface area contributed by atoms with Crippen molar-refractivity contribution >= 4 is 24.0 Å². The predicted molar refractivity (Wildman–Crippen MR) is 85.6 cm³/mol. The standard InChI is InChI=1S/C15H22N2O3.ClH/c1-19-13-7-12(8-14(9-13)20-2)17-15(18)4-3-11-5-6-16-10-11;/h7-9,11,16H,3-6,10H2,1-2H3,(H,17,18);1H. The van der Waals surface area contributed by atoms with Gasteiger partial charge in [-0.25, -0.2) is 0 Å². The quantitative estimate of drug-likeness (QED) is 0.847. The number of rotatable bonds is 6. The van der Waals surface area contributed by atoms with Crippen LogP contribution in [0, 0.1) is 5.92 Å². The molecule has 0 bridgehead atoms. The van der Waals surface area contributed by atoms with Crippen LogP contribution in [0.1, 0.15) is 19.3 Å². The first-order valence-electron chi connectivity index (χ1n) is 6.95. The Hall–Kier alpha value is -1.46. The Balaban J connectivity index is 0.00000220. The molecule has 1 aromatic carbocycles. The van der Waals surface area contributed by atoms with Crippen LogP contribution in [-0.4, -0.2) is 33.2 Å². The lowest BCUT2D eigenvalue weighted by molar-refractivity contribution is -0.116. The predicted octanol–water partition coefficient (Wildman–Crippen LogP) is 2.45. The number of methoxy groups -OCH3 is 2. The van der Waals surface area contributed by atoms with Gasteiger partial charge in [0.2, 0.25) is 5.91 Å². The summed E-state index contributed by atoms with van der Waals surface area (Å²) in [5.74, 6) is 1.99. The third-order valence-corrected chi connectivity index (χ3v) is 3.58. The van der Waals surface area contributed by atoms with E-state index in [4.69, 9.17) is 9.47 Å². The third kappa shape index (κ3) is 5.44. The Morgan fingerprint density at radius 1 is 1.29 bits per heavy atom. The first kappa shape index (κ1) is 17.6. The van der Waals surface area contributed by atoms with Crippen LogP contribution in [-0.2, 0) is 4.79 Å². The molecule has 1 fully saturated rings. The molecule has 0 aliphatic carbocycles. The lowest BCUT2D eigenvalue weighted by atomic mass is 10.0. The second kappa shape index (κ2) is 8.74. The number of anilines is 1. The lowest BCUT2D eigenvalue weighted by Crippen LogP contribution is -2.15. The minimum absolute atomic E-state index is 0. The fraction of sp³-hybridized carbons (Fsp3) is 0.533. The Morgan fingerprint density at radius 2 is 1.95 bits per heavy atom. The smallest absolute Gasteiger partial charge is 0.224 e. The zero-order valence-electron chi connectivity index (χ0n) is 12.5. The highest BCUT2D eigenvalue weighted by atomic mass is 35.5. The van der Waals surface area contributed by atoms with E-state index in [1.54, 1.807) is 32.4 Å². The maximum absolute atomic E-state index is 12.0. The average molecular weight is 315 g/mol. The molecule has 2 N–H and O–H groups in total. The van der Waals surface area contributed by atoms with Crippen molar-refractivity contribution < 1.29 is 14.3 Å². The van der Waals surface area contributed by atoms with E-state index >= 15 is 0 Å². The van der Waals surface area contributed by atoms with E-state index in [1.165, 1.54) is 6.42 Å². The van der Waals surface area contributed by atoms with Crippen molar-refractivity contribution in [2.45, 2.75) is 19.3 Å². The molecule has 1 saturated heterocycles. The normalized spacial score (nSPS) is 17.0. The summed E-state index contributed by atoms with van der Waals surface area (Å²) in [6, 6.07) is 5.36. The van der Waals surface area contributed by atoms with Crippen molar-refractivity contribution in [3.05, 3.63) is 18.2 Å². The van der Waals surface area contributed by atoms with Gasteiger partial charge in [-0.15, -0.1) is 12.4 Å². The van der Waals surface area contributed by atoms with E-state index in [1.807, 2.05) is 0 Å². The molecular weight excluding hydrogens is 292 g/mol. The molecular formula is C15H23ClN2O3. The molecule has 1 atom stereocenters. The topological polar surface area (TPSA) is 59.6 Å². The van der Waals surface area contributed by atoms with Crippen LogP contribution in [0.15, 0.2) is 18.2 Å². The Morgan fingerprint density at radius 3 is 2.48 bits per heavy atom. The number of ether oxygens (including phenoxy) is 2. The maximum atomic E-state index is 12.0. The van der Waals surface area contributed by atoms with Crippen molar-refractivity contribution in [1.29, 1.82) is 0 Å². The van der Waals surface area contributed by atoms with E-state index in [-0.39, 0.29) is 18.3 Å². The molecule has 0 radical (unpaired) electrons. The number of hydrogen-bond acceptors (Lipinski definition) is 4. The zero-order chi connectivity index (χ0) is 14.4. The van der Waals surface area contributed by atoms with Gasteiger partial charge < -0.3 is 20.1 Å². The second-order valence-corrected chi connectivity index (χ2v) is 5.05. The Kier molecular flexibility index (Phi) is 7.32. The molecule has 1 unspecified atom stereocenters. The molecule has 5 nitrogen and oxygen atoms in total. The van der Waals surface area contributed by atoms with Crippen LogP contribution in [0.5, 0.6) is 11.5 Å². The molecule has 2 rings (SSSR count). The van der Waals surface area contributed by atoms with Crippen LogP contribution in [0.25, 0.3) is 0 Å². The van der Waals surface area contributed by atoms with Gasteiger partial charge in [-0.2, -0.15) is 0 Å². The number of carbonyl (C=O) groups is 1. The molecule has 1 aromatic rings. The molecule has 0 saturated carbocycles. The van der Waals surface area contributed by atoms with Crippen LogP contribution in [0.3, 0.4) is 0 Å². The van der Waals surface area contributed by atoms with Crippen molar-refractivity contribution in [3.8, 4) is 11.5 Å². The summed E-state index contributed by atoms with van der Waals surface area (Å²) < 4.78 is 10.4. The fourth-order valence-corrected chi connectivity index (χ4v) is 2.40. The summed E-state index contributed by atoms with van der Waals surface area (Å²) in [6.07, 6.45) is 2.64. The number of nitrogens with one attached hydrogen (secondary N) is 2. The van der Waals surface area contributed by atoms with E-state index in [0.29, 0.717) is 29.5 Å². The monoisotopic (exact) mass is 314 g/mol. The highest BCUT2D eigenvalue weighted by Crippen LogP contribution is 2.26. The van der Waals surface area contributed by atoms with Crippen molar-refractivity contribution in [2.75, 3.05) is 32.6 Å². The Bertz CT molecular complexity index is 440. The van der Waals surface area contributed by atoms with Crippen molar-refractivity contribution in [3.63, 3.8) is 0 Å². The molecule has 0 spiro atoms. The van der Waals surface area contributed by atoms with Crippen LogP contribution in [0.4, 0.5) is 5.69 Å². The SMILES string of the molecule is COc1cc(NC(=O)CCC2CCNC2)cc(OC)c1.Cl. The van der Waals surface area contributed by atoms with Crippen LogP contribution < -0.4 is 20.1 Å². The van der Waals surface area contributed by atoms with E-state index < -0.39 is 0 Å². The minimum Gasteiger partial charge on any atom is -0.497 e. The Labute approximate surface area is 131 Å². The van der Waals surface area contributed by atoms with E-state index in [2.05, 4.69) is 10.6 Å². The van der Waals surface area contributed by atoms with Crippen molar-refractivity contribution in [1.82, 2.24) is 5.32 Å². The van der Waals surface area contributed by atoms with Gasteiger partial charge in [-0.05, 0) is 31.8 Å². The summed E-state index contributed by atoms with van der Waals surface area (Å²) in [6.45, 7) is 2.10. The number of halogens is 1. The number of benzene rings is 1. The van der Waals surface area contributed by atoms with Gasteiger partial charge in [0.1, 0.15) is 11.5 Å². The van der Waals surface area contributed by atoms with Gasteiger partial charge in [0, 0.05) is 30.3 Å². The zero-order valence-corrected chi connectivity index (χ0v) is 13.3. The molecule has 21 heavy (non-hydrogen) atoms. The maximum Gasteiger partial charge on any atom is 0.224 e. The third-order valence-electron chi connectivity index (χ3n) is 3.58. The molecule has 1 heterocycles. The van der Waals surface area contributed by atoms with E-state index in [0.717, 1.165) is 19.5 Å². The second-order valence-electron chi connectivity index (χ2n) is 5.05. The molecule has 1 aliphatic rings. The van der Waals surface area contributed by atoms with Crippen molar-refractivity contribution in [2.24, 2.45) is 5.92 Å². The van der Waals surface area contributed by atoms with Crippen LogP contribution in [0.2, 0.25) is 0 Å². The summed E-state index contributed by atoms with van der Waals surface area (Å²) >= 11 is 0. The summed E-state index contributed by atoms with van der Waals surface area (Å²) in [5, 5.41) is 6.21. The average Bonchev–Trinajstić information content (AvgIpc) is 2.98. The number of carbonyl (C=O) groups excluding carboxylic acids is 1. The number of hydrogen-bond donors (Lipinski definition) is 2. The van der Waals surface area contributed by atoms with Gasteiger partial charge in [-0.3, -0.25) is 4.79 Å². The van der Waals surface area contributed by atoms with E-state index in [9.17, 15) is 4.79 Å². The van der Waals surface area contributed by atoms with Gasteiger partial charge in [0.15, 0.2) is 0 Å². The number of amides is 1. The van der Waals surface area contributed by atoms with Crippen LogP contribution >= 0.6 is 12.4 Å². The minimum atomic E-state index is 0. The molecule has 1 aliphatic heterocycles. The highest BCUT2D eigenvalue weighted by Gasteiger charge is 2.15. The molecule has 0 aromatic heterocycles. The first-order valence-corrected chi connectivity index (χ1v) is 6.95. The fourth-order valence-electron chi connectivity index (χ4n) is 2.40. The molecule has 6 heteroatoms. The summed E-state index contributed by atoms with van der Waals surface area (Å²) in [4.78, 5) is 12.0. The van der Waals surface area contributed by atoms with Gasteiger partial charge in [-0.1, -0.05) is 0 Å². The van der Waals surface area contributed by atoms with Gasteiger partial charge in [0.05, 0.1) is 14.2 Å². The highest BCUT2D eigenvalue weighted by molar-refractivity contribution is 5.91.